The lowest BCUT2D eigenvalue weighted by Crippen LogP contribution is -2.51. The predicted molar refractivity (Wildman–Crippen MR) is 121 cm³/mol. The maximum Gasteiger partial charge on any atom is 0.191 e. The topological polar surface area (TPSA) is 65.7 Å². The Morgan fingerprint density at radius 2 is 1.85 bits per heavy atom. The summed E-state index contributed by atoms with van der Waals surface area (Å²) in [5.74, 6) is 1.83. The zero-order valence-electron chi connectivity index (χ0n) is 17.1. The van der Waals surface area contributed by atoms with E-state index in [1.54, 1.807) is 0 Å². The van der Waals surface area contributed by atoms with Crippen molar-refractivity contribution in [3.8, 4) is 0 Å². The molecular weight excluding hydrogens is 453 g/mol. The van der Waals surface area contributed by atoms with E-state index in [9.17, 15) is 0 Å². The van der Waals surface area contributed by atoms with E-state index in [0.717, 1.165) is 36.4 Å². The first kappa shape index (κ1) is 22.5. The number of aromatic nitrogens is 1. The molecule has 1 saturated carbocycles. The Labute approximate surface area is 180 Å². The molecule has 0 amide bonds. The van der Waals surface area contributed by atoms with Crippen LogP contribution in [0.25, 0.3) is 0 Å². The van der Waals surface area contributed by atoms with Gasteiger partial charge in [0.05, 0.1) is 5.69 Å². The summed E-state index contributed by atoms with van der Waals surface area (Å²) >= 11 is 0. The van der Waals surface area contributed by atoms with Crippen molar-refractivity contribution >= 4 is 29.9 Å². The van der Waals surface area contributed by atoms with Gasteiger partial charge < -0.3 is 20.1 Å². The first-order valence-electron chi connectivity index (χ1n) is 10.3. The lowest BCUT2D eigenvalue weighted by Gasteiger charge is -2.39. The molecule has 6 nitrogen and oxygen atoms in total. The highest BCUT2D eigenvalue weighted by molar-refractivity contribution is 14.0. The Morgan fingerprint density at radius 1 is 1.15 bits per heavy atom. The number of hydrogen-bond acceptors (Lipinski definition) is 4. The standard InChI is InChI=1S/C20H35N5O.HI/c1-15-19(16(2)26-24-15)9-12-22-20(21-3)23-17-10-13-25(14-11-17)18-7-5-4-6-8-18;/h17-18H,4-14H2,1-3H3,(H2,21,22,23);1H. The molecule has 154 valence electrons. The van der Waals surface area contributed by atoms with E-state index < -0.39 is 0 Å². The van der Waals surface area contributed by atoms with Crippen molar-refractivity contribution in [3.05, 3.63) is 17.0 Å². The fourth-order valence-corrected chi connectivity index (χ4v) is 4.41. The van der Waals surface area contributed by atoms with Crippen molar-refractivity contribution in [2.75, 3.05) is 26.7 Å². The van der Waals surface area contributed by atoms with Crippen LogP contribution in [-0.4, -0.2) is 54.8 Å². The van der Waals surface area contributed by atoms with Crippen molar-refractivity contribution < 1.29 is 4.52 Å². The van der Waals surface area contributed by atoms with E-state index in [2.05, 4.69) is 25.7 Å². The Morgan fingerprint density at radius 3 is 2.44 bits per heavy atom. The Hall–Kier alpha value is -0.830. The molecule has 27 heavy (non-hydrogen) atoms. The normalized spacial score (nSPS) is 20.3. The van der Waals surface area contributed by atoms with Crippen molar-refractivity contribution in [1.82, 2.24) is 20.7 Å². The van der Waals surface area contributed by atoms with Crippen LogP contribution in [0.3, 0.4) is 0 Å². The maximum absolute atomic E-state index is 5.23. The first-order valence-corrected chi connectivity index (χ1v) is 10.3. The third kappa shape index (κ3) is 6.34. The van der Waals surface area contributed by atoms with Gasteiger partial charge in [0.15, 0.2) is 5.96 Å². The van der Waals surface area contributed by atoms with Gasteiger partial charge in [0.25, 0.3) is 0 Å². The van der Waals surface area contributed by atoms with Gasteiger partial charge in [-0.3, -0.25) is 4.99 Å². The summed E-state index contributed by atoms with van der Waals surface area (Å²) < 4.78 is 5.23. The molecule has 7 heteroatoms. The number of guanidine groups is 1. The molecule has 0 aromatic carbocycles. The monoisotopic (exact) mass is 489 g/mol. The van der Waals surface area contributed by atoms with Gasteiger partial charge in [-0.25, -0.2) is 0 Å². The molecule has 0 unspecified atom stereocenters. The van der Waals surface area contributed by atoms with Gasteiger partial charge in [0, 0.05) is 44.3 Å². The molecule has 0 radical (unpaired) electrons. The van der Waals surface area contributed by atoms with Gasteiger partial charge in [0.1, 0.15) is 5.76 Å². The van der Waals surface area contributed by atoms with Crippen LogP contribution in [0.1, 0.15) is 62.0 Å². The summed E-state index contributed by atoms with van der Waals surface area (Å²) in [5.41, 5.74) is 2.19. The largest absolute Gasteiger partial charge is 0.361 e. The molecule has 2 aliphatic rings. The molecule has 0 spiro atoms. The van der Waals surface area contributed by atoms with E-state index in [0.29, 0.717) is 6.04 Å². The summed E-state index contributed by atoms with van der Waals surface area (Å²) in [6.07, 6.45) is 10.4. The number of halogens is 1. The minimum Gasteiger partial charge on any atom is -0.361 e. The predicted octanol–water partition coefficient (Wildman–Crippen LogP) is 3.41. The van der Waals surface area contributed by atoms with Crippen LogP contribution in [0.2, 0.25) is 0 Å². The molecule has 1 aromatic heterocycles. The Bertz CT molecular complexity index is 570. The molecule has 1 aliphatic carbocycles. The van der Waals surface area contributed by atoms with E-state index in [4.69, 9.17) is 4.52 Å². The van der Waals surface area contributed by atoms with E-state index in [1.165, 1.54) is 63.6 Å². The second-order valence-electron chi connectivity index (χ2n) is 7.80. The first-order chi connectivity index (χ1) is 12.7. The fourth-order valence-electron chi connectivity index (χ4n) is 4.41. The zero-order valence-corrected chi connectivity index (χ0v) is 19.4. The number of piperidine rings is 1. The number of aliphatic imine (C=N–C) groups is 1. The number of hydrogen-bond donors (Lipinski definition) is 2. The average molecular weight is 489 g/mol. The number of rotatable bonds is 5. The van der Waals surface area contributed by atoms with Crippen LogP contribution in [0, 0.1) is 13.8 Å². The van der Waals surface area contributed by atoms with Crippen LogP contribution in [0.4, 0.5) is 0 Å². The summed E-state index contributed by atoms with van der Waals surface area (Å²) in [6, 6.07) is 1.37. The van der Waals surface area contributed by atoms with Crippen LogP contribution in [0.5, 0.6) is 0 Å². The van der Waals surface area contributed by atoms with E-state index in [-0.39, 0.29) is 24.0 Å². The van der Waals surface area contributed by atoms with Crippen LogP contribution in [-0.2, 0) is 6.42 Å². The molecular formula is C20H36IN5O. The van der Waals surface area contributed by atoms with Crippen LogP contribution >= 0.6 is 24.0 Å². The highest BCUT2D eigenvalue weighted by Crippen LogP contribution is 2.25. The number of aryl methyl sites for hydroxylation is 2. The van der Waals surface area contributed by atoms with Gasteiger partial charge in [-0.15, -0.1) is 24.0 Å². The average Bonchev–Trinajstić information content (AvgIpc) is 3.00. The zero-order chi connectivity index (χ0) is 18.4. The summed E-state index contributed by atoms with van der Waals surface area (Å²) in [6.45, 7) is 7.25. The SMILES string of the molecule is CN=C(NCCc1c(C)noc1C)NC1CCN(C2CCCCC2)CC1.I. The van der Waals surface area contributed by atoms with Crippen molar-refractivity contribution in [2.24, 2.45) is 4.99 Å². The number of nitrogens with one attached hydrogen (secondary N) is 2. The third-order valence-electron chi connectivity index (χ3n) is 6.03. The van der Waals surface area contributed by atoms with Crippen molar-refractivity contribution in [3.63, 3.8) is 0 Å². The van der Waals surface area contributed by atoms with Gasteiger partial charge in [-0.2, -0.15) is 0 Å². The maximum atomic E-state index is 5.23. The highest BCUT2D eigenvalue weighted by Gasteiger charge is 2.26. The molecule has 1 aliphatic heterocycles. The summed E-state index contributed by atoms with van der Waals surface area (Å²) in [7, 11) is 1.85. The molecule has 1 saturated heterocycles. The Kier molecular flexibility index (Phi) is 9.35. The minimum atomic E-state index is 0. The summed E-state index contributed by atoms with van der Waals surface area (Å²) in [5, 5.41) is 11.1. The highest BCUT2D eigenvalue weighted by atomic mass is 127. The second-order valence-corrected chi connectivity index (χ2v) is 7.80. The Balaban J connectivity index is 0.00000261. The van der Waals surface area contributed by atoms with Gasteiger partial charge in [-0.05, 0) is 46.0 Å². The number of nitrogens with zero attached hydrogens (tertiary/aromatic N) is 3. The van der Waals surface area contributed by atoms with Gasteiger partial charge in [0.2, 0.25) is 0 Å². The van der Waals surface area contributed by atoms with Crippen molar-refractivity contribution in [2.45, 2.75) is 77.3 Å². The molecule has 0 atom stereocenters. The van der Waals surface area contributed by atoms with Gasteiger partial charge >= 0.3 is 0 Å². The molecule has 2 fully saturated rings. The quantitative estimate of drug-likeness (QED) is 0.377. The molecule has 3 rings (SSSR count). The van der Waals surface area contributed by atoms with Crippen LogP contribution in [0.15, 0.2) is 9.52 Å². The second kappa shape index (κ2) is 11.2. The molecule has 2 N–H and O–H groups in total. The van der Waals surface area contributed by atoms with Crippen LogP contribution < -0.4 is 10.6 Å². The van der Waals surface area contributed by atoms with E-state index in [1.807, 2.05) is 20.9 Å². The van der Waals surface area contributed by atoms with Gasteiger partial charge in [-0.1, -0.05) is 24.4 Å². The lowest BCUT2D eigenvalue weighted by atomic mass is 9.92. The third-order valence-corrected chi connectivity index (χ3v) is 6.03. The minimum absolute atomic E-state index is 0. The molecule has 2 heterocycles. The molecule has 0 bridgehead atoms. The fraction of sp³-hybridized carbons (Fsp3) is 0.800. The summed E-state index contributed by atoms with van der Waals surface area (Å²) in [4.78, 5) is 7.12. The number of likely N-dealkylation sites (tertiary alicyclic amines) is 1. The lowest BCUT2D eigenvalue weighted by molar-refractivity contribution is 0.119. The van der Waals surface area contributed by atoms with Crippen molar-refractivity contribution in [1.29, 1.82) is 0 Å². The molecule has 1 aromatic rings. The van der Waals surface area contributed by atoms with E-state index >= 15 is 0 Å². The smallest absolute Gasteiger partial charge is 0.191 e.